The summed E-state index contributed by atoms with van der Waals surface area (Å²) in [6, 6.07) is 18.4. The summed E-state index contributed by atoms with van der Waals surface area (Å²) >= 11 is 25.0. The van der Waals surface area contributed by atoms with Crippen molar-refractivity contribution in [3.63, 3.8) is 0 Å². The Kier molecular flexibility index (Phi) is 9.68. The molecule has 42 heavy (non-hydrogen) atoms. The number of rotatable bonds is 5. The highest BCUT2D eigenvalue weighted by atomic mass is 35.5. The van der Waals surface area contributed by atoms with Gasteiger partial charge in [0.15, 0.2) is 0 Å². The van der Waals surface area contributed by atoms with Crippen molar-refractivity contribution < 1.29 is 14.4 Å². The number of benzene rings is 3. The van der Waals surface area contributed by atoms with E-state index >= 15 is 0 Å². The second-order valence-electron chi connectivity index (χ2n) is 10.8. The SMILES string of the molecule is CN(C(=O)c1ccc(Cl)cc1)[C@@H]1CCN(C(=O)C2CCCCN2C(=O)c2ccccc2Cl)C[C@H]1c1ccc(Cl)c(Cl)c1. The molecule has 6 nitrogen and oxygen atoms in total. The van der Waals surface area contributed by atoms with Gasteiger partial charge in [0.1, 0.15) is 6.04 Å². The van der Waals surface area contributed by atoms with Crippen LogP contribution in [-0.4, -0.2) is 71.2 Å². The second kappa shape index (κ2) is 13.3. The van der Waals surface area contributed by atoms with Crippen LogP contribution in [-0.2, 0) is 4.79 Å². The van der Waals surface area contributed by atoms with Gasteiger partial charge >= 0.3 is 0 Å². The number of halogens is 4. The Bertz CT molecular complexity index is 1480. The lowest BCUT2D eigenvalue weighted by Gasteiger charge is -2.45. The quantitative estimate of drug-likeness (QED) is 0.289. The third kappa shape index (κ3) is 6.42. The highest BCUT2D eigenvalue weighted by Gasteiger charge is 2.41. The molecule has 2 saturated heterocycles. The van der Waals surface area contributed by atoms with Crippen LogP contribution in [0.25, 0.3) is 0 Å². The molecule has 0 aliphatic carbocycles. The first kappa shape index (κ1) is 30.7. The predicted octanol–water partition coefficient (Wildman–Crippen LogP) is 7.45. The number of carbonyl (C=O) groups excluding carboxylic acids is 3. The van der Waals surface area contributed by atoms with Crippen LogP contribution in [0.4, 0.5) is 0 Å². The zero-order valence-corrected chi connectivity index (χ0v) is 26.1. The Morgan fingerprint density at radius 1 is 0.810 bits per heavy atom. The molecule has 0 radical (unpaired) electrons. The van der Waals surface area contributed by atoms with E-state index in [-0.39, 0.29) is 29.7 Å². The molecule has 3 amide bonds. The van der Waals surface area contributed by atoms with Crippen LogP contribution in [0.15, 0.2) is 66.7 Å². The highest BCUT2D eigenvalue weighted by molar-refractivity contribution is 6.42. The van der Waals surface area contributed by atoms with Crippen molar-refractivity contribution >= 4 is 64.1 Å². The van der Waals surface area contributed by atoms with E-state index in [1.54, 1.807) is 71.4 Å². The summed E-state index contributed by atoms with van der Waals surface area (Å²) in [6.45, 7) is 1.31. The summed E-state index contributed by atoms with van der Waals surface area (Å²) in [7, 11) is 1.79. The molecule has 2 aliphatic rings. The van der Waals surface area contributed by atoms with Gasteiger partial charge in [-0.2, -0.15) is 0 Å². The lowest BCUT2D eigenvalue weighted by atomic mass is 9.84. The van der Waals surface area contributed by atoms with E-state index in [1.165, 1.54) is 0 Å². The molecular weight excluding hydrogens is 616 g/mol. The van der Waals surface area contributed by atoms with Crippen LogP contribution < -0.4 is 0 Å². The van der Waals surface area contributed by atoms with Gasteiger partial charge in [0, 0.05) is 49.2 Å². The van der Waals surface area contributed by atoms with E-state index in [9.17, 15) is 14.4 Å². The van der Waals surface area contributed by atoms with Crippen molar-refractivity contribution in [3.8, 4) is 0 Å². The predicted molar refractivity (Wildman–Crippen MR) is 168 cm³/mol. The Morgan fingerprint density at radius 2 is 1.55 bits per heavy atom. The zero-order chi connectivity index (χ0) is 30.0. The molecule has 0 N–H and O–H groups in total. The van der Waals surface area contributed by atoms with Gasteiger partial charge in [0.2, 0.25) is 5.91 Å². The van der Waals surface area contributed by atoms with Crippen LogP contribution >= 0.6 is 46.4 Å². The monoisotopic (exact) mass is 645 g/mol. The van der Waals surface area contributed by atoms with Gasteiger partial charge < -0.3 is 14.7 Å². The van der Waals surface area contributed by atoms with E-state index in [0.717, 1.165) is 18.4 Å². The van der Waals surface area contributed by atoms with Crippen molar-refractivity contribution in [3.05, 3.63) is 104 Å². The van der Waals surface area contributed by atoms with Crippen LogP contribution in [0.3, 0.4) is 0 Å². The smallest absolute Gasteiger partial charge is 0.256 e. The van der Waals surface area contributed by atoms with Gasteiger partial charge in [-0.1, -0.05) is 64.6 Å². The first-order chi connectivity index (χ1) is 20.2. The van der Waals surface area contributed by atoms with E-state index < -0.39 is 6.04 Å². The zero-order valence-electron chi connectivity index (χ0n) is 23.1. The Labute approximate surface area is 266 Å². The topological polar surface area (TPSA) is 60.9 Å². The molecule has 2 fully saturated rings. The van der Waals surface area contributed by atoms with E-state index in [4.69, 9.17) is 46.4 Å². The fourth-order valence-electron chi connectivity index (χ4n) is 6.05. The fraction of sp³-hybridized carbons (Fsp3) is 0.344. The van der Waals surface area contributed by atoms with E-state index in [2.05, 4.69) is 0 Å². The van der Waals surface area contributed by atoms with Crippen LogP contribution in [0.5, 0.6) is 0 Å². The van der Waals surface area contributed by atoms with Crippen LogP contribution in [0.2, 0.25) is 20.1 Å². The molecule has 2 heterocycles. The molecule has 0 aromatic heterocycles. The summed E-state index contributed by atoms with van der Waals surface area (Å²) in [5.74, 6) is -0.687. The molecule has 5 rings (SSSR count). The first-order valence-corrected chi connectivity index (χ1v) is 15.5. The lowest BCUT2D eigenvalue weighted by Crippen LogP contribution is -2.57. The van der Waals surface area contributed by atoms with E-state index in [0.29, 0.717) is 63.7 Å². The average molecular weight is 647 g/mol. The van der Waals surface area contributed by atoms with Gasteiger partial charge in [0.25, 0.3) is 11.8 Å². The standard InChI is InChI=1S/C32H31Cl4N3O3/c1-37(30(40)20-9-12-22(33)13-10-20)28-15-17-38(19-24(28)21-11-14-26(35)27(36)18-21)32(42)29-8-4-5-16-39(29)31(41)23-6-2-3-7-25(23)34/h2-3,6-7,9-14,18,24,28-29H,4-5,8,15-17,19H2,1H3/t24-,28+,29?/m0/s1. The molecule has 3 aromatic carbocycles. The summed E-state index contributed by atoms with van der Waals surface area (Å²) in [5, 5.41) is 1.77. The lowest BCUT2D eigenvalue weighted by molar-refractivity contribution is -0.139. The maximum atomic E-state index is 14.1. The molecule has 2 aliphatic heterocycles. The number of likely N-dealkylation sites (tertiary alicyclic amines) is 2. The van der Waals surface area contributed by atoms with Crippen LogP contribution in [0, 0.1) is 0 Å². The molecule has 3 atom stereocenters. The largest absolute Gasteiger partial charge is 0.340 e. The third-order valence-electron chi connectivity index (χ3n) is 8.32. The number of nitrogens with zero attached hydrogens (tertiary/aromatic N) is 3. The van der Waals surface area contributed by atoms with Gasteiger partial charge in [-0.15, -0.1) is 0 Å². The second-order valence-corrected chi connectivity index (χ2v) is 12.5. The number of hydrogen-bond acceptors (Lipinski definition) is 3. The Hall–Kier alpha value is -2.77. The molecule has 0 bridgehead atoms. The highest BCUT2D eigenvalue weighted by Crippen LogP contribution is 2.36. The molecule has 0 saturated carbocycles. The molecule has 10 heteroatoms. The minimum atomic E-state index is -0.582. The first-order valence-electron chi connectivity index (χ1n) is 14.0. The molecule has 3 aromatic rings. The minimum absolute atomic E-state index is 0.0923. The summed E-state index contributed by atoms with van der Waals surface area (Å²) in [5.41, 5.74) is 1.81. The molecule has 1 unspecified atom stereocenters. The number of likely N-dealkylation sites (N-methyl/N-ethyl adjacent to an activating group) is 1. The Morgan fingerprint density at radius 3 is 2.26 bits per heavy atom. The average Bonchev–Trinajstić information content (AvgIpc) is 3.01. The molecular formula is C32H31Cl4N3O3. The maximum absolute atomic E-state index is 14.1. The van der Waals surface area contributed by atoms with Crippen molar-refractivity contribution in [2.75, 3.05) is 26.7 Å². The third-order valence-corrected chi connectivity index (χ3v) is 9.64. The molecule has 0 spiro atoms. The number of hydrogen-bond donors (Lipinski definition) is 0. The van der Waals surface area contributed by atoms with Gasteiger partial charge in [-0.25, -0.2) is 0 Å². The maximum Gasteiger partial charge on any atom is 0.256 e. The van der Waals surface area contributed by atoms with Crippen molar-refractivity contribution in [2.24, 2.45) is 0 Å². The summed E-state index contributed by atoms with van der Waals surface area (Å²) < 4.78 is 0. The Balaban J connectivity index is 1.41. The fourth-order valence-corrected chi connectivity index (χ4v) is 6.70. The minimum Gasteiger partial charge on any atom is -0.340 e. The molecule has 220 valence electrons. The van der Waals surface area contributed by atoms with Gasteiger partial charge in [-0.3, -0.25) is 14.4 Å². The van der Waals surface area contributed by atoms with Gasteiger partial charge in [-0.05, 0) is 79.8 Å². The van der Waals surface area contributed by atoms with Gasteiger partial charge in [0.05, 0.1) is 20.6 Å². The normalized spacial score (nSPS) is 20.7. The van der Waals surface area contributed by atoms with Crippen molar-refractivity contribution in [1.29, 1.82) is 0 Å². The van der Waals surface area contributed by atoms with Crippen LogP contribution in [0.1, 0.15) is 57.9 Å². The van der Waals surface area contributed by atoms with E-state index in [1.807, 2.05) is 17.0 Å². The van der Waals surface area contributed by atoms with Crippen molar-refractivity contribution in [1.82, 2.24) is 14.7 Å². The van der Waals surface area contributed by atoms with Crippen molar-refractivity contribution in [2.45, 2.75) is 43.7 Å². The summed E-state index contributed by atoms with van der Waals surface area (Å²) in [4.78, 5) is 46.4. The summed E-state index contributed by atoms with van der Waals surface area (Å²) in [6.07, 6.45) is 2.82. The number of amides is 3. The number of carbonyl (C=O) groups is 3. The number of piperidine rings is 2.